The molecule has 0 aliphatic carbocycles. The quantitative estimate of drug-likeness (QED) is 0.463. The Morgan fingerprint density at radius 3 is 2.29 bits per heavy atom. The maximum Gasteiger partial charge on any atom is 0.0701 e. The number of hydrogen-bond donors (Lipinski definition) is 2. The maximum absolute atomic E-state index is 9.04. The fourth-order valence-electron chi connectivity index (χ4n) is 1.26. The summed E-state index contributed by atoms with van der Waals surface area (Å²) in [5.41, 5.74) is 0. The predicted molar refractivity (Wildman–Crippen MR) is 67.3 cm³/mol. The summed E-state index contributed by atoms with van der Waals surface area (Å²) in [6, 6.07) is 0. The molecule has 104 valence electrons. The molecule has 0 aliphatic rings. The first-order chi connectivity index (χ1) is 8.27. The molecule has 0 fully saturated rings. The van der Waals surface area contributed by atoms with E-state index in [1.807, 2.05) is 6.92 Å². The monoisotopic (exact) mass is 249 g/mol. The van der Waals surface area contributed by atoms with Gasteiger partial charge in [0, 0.05) is 13.7 Å². The summed E-state index contributed by atoms with van der Waals surface area (Å²) in [7, 11) is 1.66. The maximum atomic E-state index is 9.04. The molecule has 0 saturated heterocycles. The van der Waals surface area contributed by atoms with E-state index in [-0.39, 0.29) is 6.10 Å². The largest absolute Gasteiger partial charge is 0.393 e. The van der Waals surface area contributed by atoms with Crippen molar-refractivity contribution in [3.63, 3.8) is 0 Å². The van der Waals surface area contributed by atoms with Crippen molar-refractivity contribution >= 4 is 0 Å². The fourth-order valence-corrected chi connectivity index (χ4v) is 1.26. The number of rotatable bonds is 13. The summed E-state index contributed by atoms with van der Waals surface area (Å²) in [6.07, 6.45) is 1.65. The average Bonchev–Trinajstić information content (AvgIpc) is 2.30. The first kappa shape index (κ1) is 16.8. The smallest absolute Gasteiger partial charge is 0.0701 e. The third kappa shape index (κ3) is 15.8. The average molecular weight is 249 g/mol. The first-order valence-corrected chi connectivity index (χ1v) is 6.30. The van der Waals surface area contributed by atoms with Crippen LogP contribution in [0.1, 0.15) is 19.8 Å². The Bertz CT molecular complexity index is 144. The van der Waals surface area contributed by atoms with E-state index in [9.17, 15) is 0 Å². The summed E-state index contributed by atoms with van der Waals surface area (Å²) in [5, 5.41) is 12.3. The minimum atomic E-state index is -0.197. The van der Waals surface area contributed by atoms with Crippen molar-refractivity contribution in [2.75, 3.05) is 53.2 Å². The van der Waals surface area contributed by atoms with Gasteiger partial charge in [-0.15, -0.1) is 0 Å². The van der Waals surface area contributed by atoms with E-state index in [0.29, 0.717) is 33.0 Å². The topological polar surface area (TPSA) is 60.0 Å². The number of aliphatic hydroxyl groups excluding tert-OH is 1. The van der Waals surface area contributed by atoms with Crippen LogP contribution in [0.4, 0.5) is 0 Å². The number of methoxy groups -OCH3 is 1. The van der Waals surface area contributed by atoms with Gasteiger partial charge in [0.05, 0.1) is 39.1 Å². The summed E-state index contributed by atoms with van der Waals surface area (Å²) >= 11 is 0. The highest BCUT2D eigenvalue weighted by Crippen LogP contribution is 1.92. The van der Waals surface area contributed by atoms with Crippen LogP contribution in [0.5, 0.6) is 0 Å². The van der Waals surface area contributed by atoms with E-state index in [2.05, 4.69) is 5.32 Å². The molecule has 1 atom stereocenters. The summed E-state index contributed by atoms with van der Waals surface area (Å²) in [5.74, 6) is 0. The molecular weight excluding hydrogens is 222 g/mol. The normalized spacial score (nSPS) is 12.9. The highest BCUT2D eigenvalue weighted by Gasteiger charge is 1.95. The third-order valence-corrected chi connectivity index (χ3v) is 2.20. The SMILES string of the molecule is COCCOCCOCCNCCCC(C)O. The van der Waals surface area contributed by atoms with Crippen molar-refractivity contribution in [3.8, 4) is 0 Å². The van der Waals surface area contributed by atoms with Crippen LogP contribution < -0.4 is 5.32 Å². The van der Waals surface area contributed by atoms with Gasteiger partial charge in [0.2, 0.25) is 0 Å². The zero-order valence-electron chi connectivity index (χ0n) is 11.1. The van der Waals surface area contributed by atoms with Gasteiger partial charge in [-0.25, -0.2) is 0 Å². The van der Waals surface area contributed by atoms with Gasteiger partial charge in [-0.3, -0.25) is 0 Å². The van der Waals surface area contributed by atoms with Crippen molar-refractivity contribution in [1.29, 1.82) is 0 Å². The number of aliphatic hydroxyl groups is 1. The van der Waals surface area contributed by atoms with Crippen molar-refractivity contribution in [2.24, 2.45) is 0 Å². The number of ether oxygens (including phenoxy) is 3. The number of nitrogens with one attached hydrogen (secondary N) is 1. The molecule has 5 nitrogen and oxygen atoms in total. The molecular formula is C12H27NO4. The van der Waals surface area contributed by atoms with Gasteiger partial charge in [0.25, 0.3) is 0 Å². The minimum absolute atomic E-state index is 0.197. The molecule has 0 spiro atoms. The second-order valence-corrected chi connectivity index (χ2v) is 3.96. The van der Waals surface area contributed by atoms with Gasteiger partial charge < -0.3 is 24.6 Å². The van der Waals surface area contributed by atoms with Crippen LogP contribution in [0.25, 0.3) is 0 Å². The zero-order valence-corrected chi connectivity index (χ0v) is 11.1. The molecule has 0 bridgehead atoms. The van der Waals surface area contributed by atoms with Gasteiger partial charge in [0.1, 0.15) is 0 Å². The summed E-state index contributed by atoms with van der Waals surface area (Å²) in [4.78, 5) is 0. The molecule has 0 rings (SSSR count). The molecule has 0 saturated carbocycles. The first-order valence-electron chi connectivity index (χ1n) is 6.30. The van der Waals surface area contributed by atoms with Crippen LogP contribution in [0.3, 0.4) is 0 Å². The second-order valence-electron chi connectivity index (χ2n) is 3.96. The van der Waals surface area contributed by atoms with E-state index < -0.39 is 0 Å². The minimum Gasteiger partial charge on any atom is -0.393 e. The lowest BCUT2D eigenvalue weighted by Gasteiger charge is -2.07. The van der Waals surface area contributed by atoms with Crippen LogP contribution in [-0.2, 0) is 14.2 Å². The fraction of sp³-hybridized carbons (Fsp3) is 1.00. The molecule has 0 radical (unpaired) electrons. The Morgan fingerprint density at radius 2 is 1.65 bits per heavy atom. The van der Waals surface area contributed by atoms with E-state index in [0.717, 1.165) is 25.9 Å². The van der Waals surface area contributed by atoms with Crippen LogP contribution in [0.2, 0.25) is 0 Å². The molecule has 0 aromatic rings. The van der Waals surface area contributed by atoms with Crippen molar-refractivity contribution in [1.82, 2.24) is 5.32 Å². The van der Waals surface area contributed by atoms with Gasteiger partial charge in [-0.1, -0.05) is 0 Å². The number of hydrogen-bond acceptors (Lipinski definition) is 5. The van der Waals surface area contributed by atoms with E-state index >= 15 is 0 Å². The van der Waals surface area contributed by atoms with Crippen LogP contribution >= 0.6 is 0 Å². The lowest BCUT2D eigenvalue weighted by molar-refractivity contribution is 0.0256. The molecule has 0 aromatic carbocycles. The molecule has 1 unspecified atom stereocenters. The lowest BCUT2D eigenvalue weighted by atomic mass is 10.2. The van der Waals surface area contributed by atoms with E-state index in [1.165, 1.54) is 0 Å². The summed E-state index contributed by atoms with van der Waals surface area (Å²) in [6.45, 7) is 6.78. The molecule has 0 amide bonds. The Kier molecular flexibility index (Phi) is 13.7. The van der Waals surface area contributed by atoms with Gasteiger partial charge in [0.15, 0.2) is 0 Å². The van der Waals surface area contributed by atoms with Crippen molar-refractivity contribution < 1.29 is 19.3 Å². The van der Waals surface area contributed by atoms with Crippen molar-refractivity contribution in [2.45, 2.75) is 25.9 Å². The van der Waals surface area contributed by atoms with Crippen LogP contribution in [0.15, 0.2) is 0 Å². The van der Waals surface area contributed by atoms with Gasteiger partial charge in [-0.2, -0.15) is 0 Å². The second kappa shape index (κ2) is 13.9. The predicted octanol–water partition coefficient (Wildman–Crippen LogP) is 0.417. The standard InChI is InChI=1S/C12H27NO4/c1-12(14)4-3-5-13-6-7-16-10-11-17-9-8-15-2/h12-14H,3-11H2,1-2H3. The Balaban J connectivity index is 2.89. The third-order valence-electron chi connectivity index (χ3n) is 2.20. The van der Waals surface area contributed by atoms with Crippen LogP contribution in [0, 0.1) is 0 Å². The Morgan fingerprint density at radius 1 is 1.00 bits per heavy atom. The highest BCUT2D eigenvalue weighted by atomic mass is 16.5. The molecule has 5 heteroatoms. The van der Waals surface area contributed by atoms with E-state index in [1.54, 1.807) is 7.11 Å². The summed E-state index contributed by atoms with van der Waals surface area (Å²) < 4.78 is 15.5. The highest BCUT2D eigenvalue weighted by molar-refractivity contribution is 4.51. The lowest BCUT2D eigenvalue weighted by Crippen LogP contribution is -2.22. The molecule has 0 heterocycles. The van der Waals surface area contributed by atoms with Crippen molar-refractivity contribution in [3.05, 3.63) is 0 Å². The molecule has 0 aromatic heterocycles. The van der Waals surface area contributed by atoms with Crippen LogP contribution in [-0.4, -0.2) is 64.4 Å². The Labute approximate surface area is 104 Å². The van der Waals surface area contributed by atoms with Gasteiger partial charge >= 0.3 is 0 Å². The molecule has 17 heavy (non-hydrogen) atoms. The zero-order chi connectivity index (χ0) is 12.8. The Hall–Kier alpha value is -0.200. The molecule has 2 N–H and O–H groups in total. The van der Waals surface area contributed by atoms with Gasteiger partial charge in [-0.05, 0) is 26.3 Å². The molecule has 0 aliphatic heterocycles. The van der Waals surface area contributed by atoms with E-state index in [4.69, 9.17) is 19.3 Å².